The Morgan fingerprint density at radius 2 is 0.607 bits per heavy atom. The summed E-state index contributed by atoms with van der Waals surface area (Å²) in [5.41, 5.74) is 10.8. The first-order chi connectivity index (χ1) is 27.8. The van der Waals surface area contributed by atoms with Crippen LogP contribution in [0.5, 0.6) is 0 Å². The van der Waals surface area contributed by atoms with Gasteiger partial charge in [-0.25, -0.2) is 0 Å². The molecule has 0 saturated carbocycles. The van der Waals surface area contributed by atoms with Gasteiger partial charge in [0.1, 0.15) is 0 Å². The maximum Gasteiger partial charge on any atom is 0.179 e. The molecular weight excluding hydrogens is 691 g/mol. The second kappa shape index (κ2) is 14.3. The number of hydrogen-bond donors (Lipinski definition) is 0. The summed E-state index contributed by atoms with van der Waals surface area (Å²) in [7, 11) is -2.98. The standard InChI is InChI=1S/C54H39NSi/c1-6-20-40(21-7-1)41-34-36-46(37-35-41)56(44-26-12-4-13-27-44,45-28-14-5-15-29-45)47-38-50(42-22-8-2-9-23-42)54(51(39-47)43-24-10-3-11-25-43)55-52-32-18-16-30-48(52)49-31-17-19-33-53(49)55/h1-39H. The highest BCUT2D eigenvalue weighted by Gasteiger charge is 2.42. The molecule has 10 aromatic rings. The predicted octanol–water partition coefficient (Wildman–Crippen LogP) is 11.2. The first-order valence-corrected chi connectivity index (χ1v) is 21.4. The van der Waals surface area contributed by atoms with E-state index in [0.717, 1.165) is 0 Å². The molecule has 10 rings (SSSR count). The lowest BCUT2D eigenvalue weighted by atomic mass is 9.95. The van der Waals surface area contributed by atoms with Crippen molar-refractivity contribution in [1.29, 1.82) is 0 Å². The number of nitrogens with zero attached hydrogens (tertiary/aromatic N) is 1. The van der Waals surface area contributed by atoms with Gasteiger partial charge in [0.15, 0.2) is 8.07 Å². The topological polar surface area (TPSA) is 4.93 Å². The predicted molar refractivity (Wildman–Crippen MR) is 241 cm³/mol. The Bertz CT molecular complexity index is 2760. The molecule has 1 aromatic heterocycles. The Morgan fingerprint density at radius 3 is 1.05 bits per heavy atom. The molecule has 0 saturated heterocycles. The summed E-state index contributed by atoms with van der Waals surface area (Å²) < 4.78 is 2.52. The molecule has 0 unspecified atom stereocenters. The van der Waals surface area contributed by atoms with Crippen LogP contribution in [0.25, 0.3) is 60.9 Å². The number of aromatic nitrogens is 1. The van der Waals surface area contributed by atoms with E-state index in [1.165, 1.54) is 81.6 Å². The van der Waals surface area contributed by atoms with Crippen LogP contribution >= 0.6 is 0 Å². The number of benzene rings is 9. The van der Waals surface area contributed by atoms with Crippen LogP contribution < -0.4 is 20.7 Å². The van der Waals surface area contributed by atoms with Gasteiger partial charge in [-0.15, -0.1) is 0 Å². The fourth-order valence-electron chi connectivity index (χ4n) is 8.85. The van der Waals surface area contributed by atoms with Gasteiger partial charge in [-0.05, 0) is 55.1 Å². The third-order valence-electron chi connectivity index (χ3n) is 11.4. The van der Waals surface area contributed by atoms with Gasteiger partial charge in [-0.3, -0.25) is 0 Å². The fourth-order valence-corrected chi connectivity index (χ4v) is 13.6. The van der Waals surface area contributed by atoms with Gasteiger partial charge in [0.25, 0.3) is 0 Å². The van der Waals surface area contributed by atoms with Gasteiger partial charge in [0.2, 0.25) is 0 Å². The van der Waals surface area contributed by atoms with Crippen LogP contribution in [0.1, 0.15) is 0 Å². The van der Waals surface area contributed by atoms with Crippen molar-refractivity contribution in [1.82, 2.24) is 4.57 Å². The minimum atomic E-state index is -2.98. The van der Waals surface area contributed by atoms with Gasteiger partial charge < -0.3 is 4.57 Å². The first kappa shape index (κ1) is 33.6. The van der Waals surface area contributed by atoms with Crippen molar-refractivity contribution in [3.05, 3.63) is 237 Å². The molecule has 0 spiro atoms. The molecule has 0 amide bonds. The minimum absolute atomic E-state index is 1.19. The summed E-state index contributed by atoms with van der Waals surface area (Å²) in [6, 6.07) is 87.5. The normalized spacial score (nSPS) is 11.6. The summed E-state index contributed by atoms with van der Waals surface area (Å²) in [5, 5.41) is 7.88. The third-order valence-corrected chi connectivity index (χ3v) is 16.1. The van der Waals surface area contributed by atoms with Crippen LogP contribution in [0.15, 0.2) is 237 Å². The van der Waals surface area contributed by atoms with E-state index in [1.54, 1.807) is 0 Å². The second-order valence-corrected chi connectivity index (χ2v) is 18.3. The molecule has 264 valence electrons. The van der Waals surface area contributed by atoms with Crippen molar-refractivity contribution >= 4 is 50.6 Å². The van der Waals surface area contributed by atoms with E-state index >= 15 is 0 Å². The number of para-hydroxylation sites is 2. The van der Waals surface area contributed by atoms with Crippen LogP contribution in [0.4, 0.5) is 0 Å². The monoisotopic (exact) mass is 729 g/mol. The third kappa shape index (κ3) is 5.62. The van der Waals surface area contributed by atoms with E-state index in [4.69, 9.17) is 0 Å². The van der Waals surface area contributed by atoms with Crippen molar-refractivity contribution < 1.29 is 0 Å². The fraction of sp³-hybridized carbons (Fsp3) is 0. The van der Waals surface area contributed by atoms with E-state index in [1.807, 2.05) is 0 Å². The van der Waals surface area contributed by atoms with E-state index in [0.29, 0.717) is 0 Å². The zero-order valence-corrected chi connectivity index (χ0v) is 32.0. The average Bonchev–Trinajstić information content (AvgIpc) is 3.62. The van der Waals surface area contributed by atoms with Crippen molar-refractivity contribution in [2.24, 2.45) is 0 Å². The SMILES string of the molecule is c1ccc(-c2ccc([Si](c3ccccc3)(c3ccccc3)c3cc(-c4ccccc4)c(-n4c5ccccc5c5ccccc54)c(-c4ccccc4)c3)cc2)cc1. The Hall–Kier alpha value is -7.00. The molecular formula is C54H39NSi. The molecule has 1 nitrogen and oxygen atoms in total. The largest absolute Gasteiger partial charge is 0.308 e. The number of fused-ring (bicyclic) bond motifs is 3. The summed E-state index contributed by atoms with van der Waals surface area (Å²) in [4.78, 5) is 0. The van der Waals surface area contributed by atoms with Crippen LogP contribution in [0, 0.1) is 0 Å². The zero-order valence-electron chi connectivity index (χ0n) is 31.0. The molecule has 0 aliphatic carbocycles. The summed E-state index contributed by atoms with van der Waals surface area (Å²) in [5.74, 6) is 0. The van der Waals surface area contributed by atoms with Crippen LogP contribution in [-0.2, 0) is 0 Å². The Labute approximate surface area is 329 Å². The molecule has 0 aliphatic heterocycles. The van der Waals surface area contributed by atoms with Crippen molar-refractivity contribution in [2.45, 2.75) is 0 Å². The lowest BCUT2D eigenvalue weighted by Gasteiger charge is -2.36. The van der Waals surface area contributed by atoms with Gasteiger partial charge in [0, 0.05) is 21.9 Å². The highest BCUT2D eigenvalue weighted by Crippen LogP contribution is 2.41. The van der Waals surface area contributed by atoms with Crippen LogP contribution in [0.2, 0.25) is 0 Å². The highest BCUT2D eigenvalue weighted by atomic mass is 28.3. The average molecular weight is 730 g/mol. The van der Waals surface area contributed by atoms with Gasteiger partial charge in [0.05, 0.1) is 16.7 Å². The molecule has 2 heteroatoms. The Balaban J connectivity index is 1.37. The lowest BCUT2D eigenvalue weighted by Crippen LogP contribution is -2.74. The zero-order chi connectivity index (χ0) is 37.3. The minimum Gasteiger partial charge on any atom is -0.308 e. The molecule has 0 bridgehead atoms. The molecule has 0 aliphatic rings. The number of hydrogen-bond acceptors (Lipinski definition) is 0. The van der Waals surface area contributed by atoms with Crippen molar-refractivity contribution in [3.63, 3.8) is 0 Å². The maximum atomic E-state index is 2.54. The van der Waals surface area contributed by atoms with Gasteiger partial charge in [-0.1, -0.05) is 224 Å². The summed E-state index contributed by atoms with van der Waals surface area (Å²) in [6.45, 7) is 0. The highest BCUT2D eigenvalue weighted by molar-refractivity contribution is 7.20. The quantitative estimate of drug-likeness (QED) is 0.108. The lowest BCUT2D eigenvalue weighted by molar-refractivity contribution is 1.18. The van der Waals surface area contributed by atoms with Crippen molar-refractivity contribution in [2.75, 3.05) is 0 Å². The number of rotatable bonds is 8. The van der Waals surface area contributed by atoms with E-state index in [9.17, 15) is 0 Å². The molecule has 9 aromatic carbocycles. The molecule has 0 atom stereocenters. The molecule has 0 fully saturated rings. The summed E-state index contributed by atoms with van der Waals surface area (Å²) in [6.07, 6.45) is 0. The summed E-state index contributed by atoms with van der Waals surface area (Å²) >= 11 is 0. The Kier molecular flexibility index (Phi) is 8.59. The van der Waals surface area contributed by atoms with Crippen LogP contribution in [-0.4, -0.2) is 12.6 Å². The molecule has 0 radical (unpaired) electrons. The smallest absolute Gasteiger partial charge is 0.179 e. The van der Waals surface area contributed by atoms with E-state index in [-0.39, 0.29) is 0 Å². The van der Waals surface area contributed by atoms with Crippen LogP contribution in [0.3, 0.4) is 0 Å². The first-order valence-electron chi connectivity index (χ1n) is 19.4. The molecule has 56 heavy (non-hydrogen) atoms. The maximum absolute atomic E-state index is 2.98. The molecule has 0 N–H and O–H groups in total. The Morgan fingerprint density at radius 1 is 0.268 bits per heavy atom. The van der Waals surface area contributed by atoms with Gasteiger partial charge in [-0.2, -0.15) is 0 Å². The second-order valence-electron chi connectivity index (χ2n) is 14.4. The van der Waals surface area contributed by atoms with Crippen molar-refractivity contribution in [3.8, 4) is 39.1 Å². The van der Waals surface area contributed by atoms with Gasteiger partial charge >= 0.3 is 0 Å². The van der Waals surface area contributed by atoms with E-state index < -0.39 is 8.07 Å². The van der Waals surface area contributed by atoms with E-state index in [2.05, 4.69) is 241 Å². The molecule has 1 heterocycles.